The first-order chi connectivity index (χ1) is 5.31. The fourth-order valence-corrected chi connectivity index (χ4v) is 1.47. The summed E-state index contributed by atoms with van der Waals surface area (Å²) < 4.78 is 0. The van der Waals surface area contributed by atoms with Crippen LogP contribution in [0.3, 0.4) is 0 Å². The second-order valence-corrected chi connectivity index (χ2v) is 4.09. The summed E-state index contributed by atoms with van der Waals surface area (Å²) in [4.78, 5) is 0. The third-order valence-corrected chi connectivity index (χ3v) is 2.46. The van der Waals surface area contributed by atoms with Gasteiger partial charge in [0.2, 0.25) is 0 Å². The van der Waals surface area contributed by atoms with Crippen LogP contribution in [-0.2, 0) is 0 Å². The first-order valence-corrected chi connectivity index (χ1v) is 5.24. The molecule has 1 atom stereocenters. The number of hydrogen-bond donors (Lipinski definition) is 0. The Labute approximate surface area is 74.2 Å². The smallest absolute Gasteiger partial charge is 0.133 e. The normalized spacial score (nSPS) is 12.5. The molecule has 64 valence electrons. The summed E-state index contributed by atoms with van der Waals surface area (Å²) in [6.45, 7) is 4.34. The Kier molecular flexibility index (Phi) is 7.83. The molecule has 0 radical (unpaired) electrons. The molecule has 0 heterocycles. The third kappa shape index (κ3) is 7.74. The monoisotopic (exact) mass is 171 g/mol. The SMILES string of the molecule is CCCCCCC(C)SC#N. The molecule has 0 aliphatic rings. The molecule has 0 aliphatic heterocycles. The van der Waals surface area contributed by atoms with Crippen LogP contribution >= 0.6 is 11.8 Å². The van der Waals surface area contributed by atoms with E-state index >= 15 is 0 Å². The van der Waals surface area contributed by atoms with E-state index < -0.39 is 0 Å². The van der Waals surface area contributed by atoms with Crippen LogP contribution in [0, 0.1) is 10.7 Å². The minimum atomic E-state index is 0.525. The predicted molar refractivity (Wildman–Crippen MR) is 51.4 cm³/mol. The van der Waals surface area contributed by atoms with Crippen LogP contribution in [-0.4, -0.2) is 5.25 Å². The Morgan fingerprint density at radius 1 is 1.36 bits per heavy atom. The van der Waals surface area contributed by atoms with Crippen molar-refractivity contribution in [2.75, 3.05) is 0 Å². The minimum absolute atomic E-state index is 0.525. The van der Waals surface area contributed by atoms with E-state index in [0.29, 0.717) is 5.25 Å². The fourth-order valence-electron chi connectivity index (χ4n) is 1.01. The molecule has 0 amide bonds. The molecule has 0 aromatic carbocycles. The van der Waals surface area contributed by atoms with Crippen molar-refractivity contribution < 1.29 is 0 Å². The first-order valence-electron chi connectivity index (χ1n) is 4.36. The lowest BCUT2D eigenvalue weighted by Crippen LogP contribution is -1.93. The average molecular weight is 171 g/mol. The van der Waals surface area contributed by atoms with Gasteiger partial charge in [0, 0.05) is 5.25 Å². The zero-order valence-corrected chi connectivity index (χ0v) is 8.28. The van der Waals surface area contributed by atoms with Gasteiger partial charge < -0.3 is 0 Å². The molecule has 0 aliphatic carbocycles. The molecule has 0 saturated heterocycles. The van der Waals surface area contributed by atoms with Gasteiger partial charge in [-0.3, -0.25) is 0 Å². The number of nitriles is 1. The van der Waals surface area contributed by atoms with Crippen LogP contribution in [0.25, 0.3) is 0 Å². The average Bonchev–Trinajstić information content (AvgIpc) is 1.99. The van der Waals surface area contributed by atoms with E-state index in [4.69, 9.17) is 5.26 Å². The van der Waals surface area contributed by atoms with E-state index in [0.717, 1.165) is 0 Å². The Bertz CT molecular complexity index is 117. The predicted octanol–water partition coefficient (Wildman–Crippen LogP) is 3.56. The van der Waals surface area contributed by atoms with E-state index in [1.54, 1.807) is 0 Å². The molecule has 0 N–H and O–H groups in total. The molecule has 11 heavy (non-hydrogen) atoms. The van der Waals surface area contributed by atoms with Crippen LogP contribution < -0.4 is 0 Å². The summed E-state index contributed by atoms with van der Waals surface area (Å²) in [7, 11) is 0. The fraction of sp³-hybridized carbons (Fsp3) is 0.889. The lowest BCUT2D eigenvalue weighted by Gasteiger charge is -2.04. The molecular weight excluding hydrogens is 154 g/mol. The Hall–Kier alpha value is -0.160. The van der Waals surface area contributed by atoms with Crippen LogP contribution in [0.1, 0.15) is 46.0 Å². The van der Waals surface area contributed by atoms with E-state index in [1.807, 2.05) is 0 Å². The molecule has 0 aromatic rings. The number of rotatable bonds is 6. The lowest BCUT2D eigenvalue weighted by molar-refractivity contribution is 0.631. The maximum atomic E-state index is 8.35. The maximum absolute atomic E-state index is 8.35. The molecule has 0 saturated carbocycles. The lowest BCUT2D eigenvalue weighted by atomic mass is 10.1. The summed E-state index contributed by atoms with van der Waals surface area (Å²) in [5.41, 5.74) is 0. The Morgan fingerprint density at radius 3 is 2.64 bits per heavy atom. The van der Waals surface area contributed by atoms with Gasteiger partial charge in [0.15, 0.2) is 0 Å². The van der Waals surface area contributed by atoms with Crippen molar-refractivity contribution in [1.82, 2.24) is 0 Å². The maximum Gasteiger partial charge on any atom is 0.133 e. The standard InChI is InChI=1S/C9H17NS/c1-3-4-5-6-7-9(2)11-8-10/h9H,3-7H2,1-2H3. The van der Waals surface area contributed by atoms with Crippen molar-refractivity contribution in [2.24, 2.45) is 0 Å². The quantitative estimate of drug-likeness (QED) is 0.450. The van der Waals surface area contributed by atoms with Gasteiger partial charge in [-0.1, -0.05) is 39.5 Å². The van der Waals surface area contributed by atoms with Crippen molar-refractivity contribution in [3.8, 4) is 5.40 Å². The zero-order valence-electron chi connectivity index (χ0n) is 7.47. The van der Waals surface area contributed by atoms with Crippen molar-refractivity contribution in [3.63, 3.8) is 0 Å². The molecule has 0 bridgehead atoms. The summed E-state index contributed by atoms with van der Waals surface area (Å²) in [6.07, 6.45) is 6.43. The molecule has 0 aromatic heterocycles. The highest BCUT2D eigenvalue weighted by Gasteiger charge is 2.00. The Balaban J connectivity index is 3.05. The third-order valence-electron chi connectivity index (χ3n) is 1.72. The highest BCUT2D eigenvalue weighted by Crippen LogP contribution is 2.15. The van der Waals surface area contributed by atoms with Gasteiger partial charge in [0.25, 0.3) is 0 Å². The topological polar surface area (TPSA) is 23.8 Å². The van der Waals surface area contributed by atoms with Crippen LogP contribution in [0.2, 0.25) is 0 Å². The second kappa shape index (κ2) is 7.94. The van der Waals surface area contributed by atoms with Gasteiger partial charge in [-0.05, 0) is 18.2 Å². The van der Waals surface area contributed by atoms with Crippen LogP contribution in [0.4, 0.5) is 0 Å². The number of nitrogens with zero attached hydrogens (tertiary/aromatic N) is 1. The minimum Gasteiger partial charge on any atom is -0.185 e. The molecule has 0 spiro atoms. The summed E-state index contributed by atoms with van der Waals surface area (Å²) in [5.74, 6) is 0. The van der Waals surface area contributed by atoms with Gasteiger partial charge >= 0.3 is 0 Å². The highest BCUT2D eigenvalue weighted by molar-refractivity contribution is 8.04. The van der Waals surface area contributed by atoms with Gasteiger partial charge in [-0.25, -0.2) is 0 Å². The second-order valence-electron chi connectivity index (χ2n) is 2.87. The van der Waals surface area contributed by atoms with Crippen LogP contribution in [0.5, 0.6) is 0 Å². The van der Waals surface area contributed by atoms with E-state index in [-0.39, 0.29) is 0 Å². The zero-order chi connectivity index (χ0) is 8.53. The number of thioether (sulfide) groups is 1. The Morgan fingerprint density at radius 2 is 2.09 bits per heavy atom. The van der Waals surface area contributed by atoms with Gasteiger partial charge in [0.05, 0.1) is 0 Å². The summed E-state index contributed by atoms with van der Waals surface area (Å²) in [6, 6.07) is 0. The van der Waals surface area contributed by atoms with Crippen molar-refractivity contribution in [2.45, 2.75) is 51.2 Å². The van der Waals surface area contributed by atoms with E-state index in [2.05, 4.69) is 19.2 Å². The van der Waals surface area contributed by atoms with Crippen molar-refractivity contribution in [3.05, 3.63) is 0 Å². The molecule has 1 unspecified atom stereocenters. The number of unbranched alkanes of at least 4 members (excludes halogenated alkanes) is 3. The summed E-state index contributed by atoms with van der Waals surface area (Å²) >= 11 is 1.39. The van der Waals surface area contributed by atoms with Crippen molar-refractivity contribution in [1.29, 1.82) is 5.26 Å². The largest absolute Gasteiger partial charge is 0.185 e. The van der Waals surface area contributed by atoms with Gasteiger partial charge in [-0.2, -0.15) is 5.26 Å². The molecule has 2 heteroatoms. The van der Waals surface area contributed by atoms with Gasteiger partial charge in [-0.15, -0.1) is 0 Å². The molecular formula is C9H17NS. The summed E-state index contributed by atoms with van der Waals surface area (Å²) in [5, 5.41) is 11.0. The van der Waals surface area contributed by atoms with Crippen molar-refractivity contribution >= 4 is 11.8 Å². The highest BCUT2D eigenvalue weighted by atomic mass is 32.2. The van der Waals surface area contributed by atoms with Gasteiger partial charge in [0.1, 0.15) is 5.40 Å². The number of thiocyanates is 1. The van der Waals surface area contributed by atoms with Crippen LogP contribution in [0.15, 0.2) is 0 Å². The first kappa shape index (κ1) is 10.8. The van der Waals surface area contributed by atoms with E-state index in [1.165, 1.54) is 43.9 Å². The molecule has 0 rings (SSSR count). The number of hydrogen-bond acceptors (Lipinski definition) is 2. The molecule has 1 nitrogen and oxygen atoms in total. The molecule has 0 fully saturated rings. The van der Waals surface area contributed by atoms with E-state index in [9.17, 15) is 0 Å².